The molecule has 4 N–H and O–H groups in total. The van der Waals surface area contributed by atoms with Crippen molar-refractivity contribution in [2.75, 3.05) is 17.0 Å². The second-order valence-corrected chi connectivity index (χ2v) is 8.02. The van der Waals surface area contributed by atoms with Gasteiger partial charge in [-0.2, -0.15) is 0 Å². The summed E-state index contributed by atoms with van der Waals surface area (Å²) in [7, 11) is 0. The Morgan fingerprint density at radius 2 is 1.90 bits per heavy atom. The fourth-order valence-corrected chi connectivity index (χ4v) is 4.80. The predicted molar refractivity (Wildman–Crippen MR) is 114 cm³/mol. The Morgan fingerprint density at radius 3 is 2.70 bits per heavy atom. The van der Waals surface area contributed by atoms with Crippen LogP contribution in [0.2, 0.25) is 0 Å². The number of nitrogens with one attached hydrogen (secondary N) is 2. The Labute approximate surface area is 178 Å². The molecule has 30 heavy (non-hydrogen) atoms. The van der Waals surface area contributed by atoms with Gasteiger partial charge in [-0.15, -0.1) is 0 Å². The molecule has 0 unspecified atom stereocenters. The fourth-order valence-electron chi connectivity index (χ4n) is 4.43. The zero-order chi connectivity index (χ0) is 20.8. The maximum Gasteiger partial charge on any atom is 0.231 e. The summed E-state index contributed by atoms with van der Waals surface area (Å²) in [6, 6.07) is 13.5. The molecule has 1 saturated carbocycles. The van der Waals surface area contributed by atoms with Gasteiger partial charge in [0.1, 0.15) is 6.10 Å². The number of hydrogen-bond acceptors (Lipinski definition) is 6. The van der Waals surface area contributed by atoms with Crippen molar-refractivity contribution in [2.24, 2.45) is 5.92 Å². The monoisotopic (exact) mass is 427 g/mol. The van der Waals surface area contributed by atoms with Crippen molar-refractivity contribution in [1.82, 2.24) is 5.32 Å². The van der Waals surface area contributed by atoms with Gasteiger partial charge >= 0.3 is 0 Å². The van der Waals surface area contributed by atoms with E-state index >= 15 is 0 Å². The standard InChI is InChI=1S/C21H21N3O5S/c25-14-9-13(20(27)22-11-4-2-1-3-5-11)18-17(19(14)26)23-21(30)24(18)12-6-7-15-16(8-12)29-10-28-15/h1-8,13-14,17-19,25-26H,9-10H2,(H,22,27)(H,23,30)/t13-,14-,17-,18-,19+/m1/s1. The number of para-hydroxylation sites is 1. The first-order chi connectivity index (χ1) is 14.5. The second kappa shape index (κ2) is 7.42. The molecule has 5 atom stereocenters. The van der Waals surface area contributed by atoms with Crippen molar-refractivity contribution in [3.8, 4) is 11.5 Å². The number of benzene rings is 2. The highest BCUT2D eigenvalue weighted by Gasteiger charge is 2.54. The molecular formula is C21H21N3O5S. The number of ether oxygens (including phenoxy) is 2. The van der Waals surface area contributed by atoms with Crippen LogP contribution in [-0.4, -0.2) is 52.3 Å². The lowest BCUT2D eigenvalue weighted by molar-refractivity contribution is -0.126. The van der Waals surface area contributed by atoms with Crippen LogP contribution in [0.5, 0.6) is 11.5 Å². The lowest BCUT2D eigenvalue weighted by Crippen LogP contribution is -2.60. The molecule has 2 aliphatic heterocycles. The van der Waals surface area contributed by atoms with Crippen molar-refractivity contribution in [3.63, 3.8) is 0 Å². The molecule has 3 aliphatic rings. The number of aliphatic hydroxyl groups is 2. The Balaban J connectivity index is 1.49. The van der Waals surface area contributed by atoms with E-state index in [0.717, 1.165) is 5.69 Å². The van der Waals surface area contributed by atoms with Gasteiger partial charge < -0.3 is 35.2 Å². The summed E-state index contributed by atoms with van der Waals surface area (Å²) in [5.74, 6) is 0.401. The molecule has 2 fully saturated rings. The summed E-state index contributed by atoms with van der Waals surface area (Å²) < 4.78 is 10.9. The van der Waals surface area contributed by atoms with Crippen molar-refractivity contribution in [1.29, 1.82) is 0 Å². The molecular weight excluding hydrogens is 406 g/mol. The summed E-state index contributed by atoms with van der Waals surface area (Å²) in [6.45, 7) is 0.153. The molecule has 1 aliphatic carbocycles. The van der Waals surface area contributed by atoms with Gasteiger partial charge in [0.2, 0.25) is 12.7 Å². The number of carbonyl (C=O) groups is 1. The number of hydrogen-bond donors (Lipinski definition) is 4. The van der Waals surface area contributed by atoms with Crippen LogP contribution in [-0.2, 0) is 4.79 Å². The minimum Gasteiger partial charge on any atom is -0.454 e. The van der Waals surface area contributed by atoms with Gasteiger partial charge in [0.05, 0.1) is 24.1 Å². The third kappa shape index (κ3) is 3.15. The van der Waals surface area contributed by atoms with Gasteiger partial charge in [0, 0.05) is 17.4 Å². The quantitative estimate of drug-likeness (QED) is 0.543. The van der Waals surface area contributed by atoms with Gasteiger partial charge in [-0.3, -0.25) is 4.79 Å². The van der Waals surface area contributed by atoms with Gasteiger partial charge in [0.15, 0.2) is 16.6 Å². The van der Waals surface area contributed by atoms with Crippen LogP contribution in [0.3, 0.4) is 0 Å². The van der Waals surface area contributed by atoms with E-state index < -0.39 is 30.2 Å². The smallest absolute Gasteiger partial charge is 0.231 e. The number of nitrogens with zero attached hydrogens (tertiary/aromatic N) is 1. The molecule has 5 rings (SSSR count). The Morgan fingerprint density at radius 1 is 1.13 bits per heavy atom. The van der Waals surface area contributed by atoms with E-state index in [1.165, 1.54) is 0 Å². The number of fused-ring (bicyclic) bond motifs is 2. The maximum absolute atomic E-state index is 13.2. The van der Waals surface area contributed by atoms with E-state index in [4.69, 9.17) is 21.7 Å². The maximum atomic E-state index is 13.2. The summed E-state index contributed by atoms with van der Waals surface area (Å²) >= 11 is 5.54. The zero-order valence-corrected chi connectivity index (χ0v) is 16.7. The summed E-state index contributed by atoms with van der Waals surface area (Å²) in [5, 5.41) is 27.4. The molecule has 2 aromatic rings. The van der Waals surface area contributed by atoms with Crippen LogP contribution in [0.1, 0.15) is 6.42 Å². The van der Waals surface area contributed by atoms with Crippen molar-refractivity contribution < 1.29 is 24.5 Å². The van der Waals surface area contributed by atoms with Crippen LogP contribution in [0.15, 0.2) is 48.5 Å². The molecule has 1 saturated heterocycles. The number of amides is 1. The van der Waals surface area contributed by atoms with E-state index in [9.17, 15) is 15.0 Å². The van der Waals surface area contributed by atoms with Crippen molar-refractivity contribution >= 4 is 34.6 Å². The molecule has 9 heteroatoms. The van der Waals surface area contributed by atoms with E-state index in [-0.39, 0.29) is 19.1 Å². The third-order valence-electron chi connectivity index (χ3n) is 5.86. The van der Waals surface area contributed by atoms with Gasteiger partial charge in [-0.25, -0.2) is 0 Å². The first-order valence-corrected chi connectivity index (χ1v) is 10.1. The Kier molecular flexibility index (Phi) is 4.73. The minimum absolute atomic E-state index is 0.117. The van der Waals surface area contributed by atoms with Gasteiger partial charge in [-0.1, -0.05) is 18.2 Å². The highest BCUT2D eigenvalue weighted by molar-refractivity contribution is 7.80. The van der Waals surface area contributed by atoms with E-state index in [1.54, 1.807) is 18.2 Å². The minimum atomic E-state index is -1.05. The lowest BCUT2D eigenvalue weighted by atomic mass is 9.77. The number of thiocarbonyl (C=S) groups is 1. The average Bonchev–Trinajstić information content (AvgIpc) is 3.35. The first kappa shape index (κ1) is 19.1. The molecule has 1 amide bonds. The third-order valence-corrected chi connectivity index (χ3v) is 6.17. The summed E-state index contributed by atoms with van der Waals surface area (Å²) in [4.78, 5) is 15.0. The van der Waals surface area contributed by atoms with E-state index in [1.807, 2.05) is 35.2 Å². The molecule has 0 aromatic heterocycles. The van der Waals surface area contributed by atoms with Gasteiger partial charge in [-0.05, 0) is 42.9 Å². The Hall–Kier alpha value is -2.88. The van der Waals surface area contributed by atoms with E-state index in [0.29, 0.717) is 22.3 Å². The largest absolute Gasteiger partial charge is 0.454 e. The zero-order valence-electron chi connectivity index (χ0n) is 15.9. The van der Waals surface area contributed by atoms with Gasteiger partial charge in [0.25, 0.3) is 0 Å². The predicted octanol–water partition coefficient (Wildman–Crippen LogP) is 1.23. The molecule has 156 valence electrons. The molecule has 8 nitrogen and oxygen atoms in total. The number of rotatable bonds is 3. The molecule has 0 radical (unpaired) electrons. The lowest BCUT2D eigenvalue weighted by Gasteiger charge is -2.41. The average molecular weight is 427 g/mol. The number of carbonyl (C=O) groups excluding carboxylic acids is 1. The van der Waals surface area contributed by atoms with E-state index in [2.05, 4.69) is 10.6 Å². The summed E-state index contributed by atoms with van der Waals surface area (Å²) in [6.07, 6.45) is -1.97. The summed E-state index contributed by atoms with van der Waals surface area (Å²) in [5.41, 5.74) is 1.40. The first-order valence-electron chi connectivity index (χ1n) is 9.74. The van der Waals surface area contributed by atoms with Crippen molar-refractivity contribution in [2.45, 2.75) is 30.7 Å². The number of anilines is 2. The van der Waals surface area contributed by atoms with Crippen molar-refractivity contribution in [3.05, 3.63) is 48.5 Å². The fraction of sp³-hybridized carbons (Fsp3) is 0.333. The van der Waals surface area contributed by atoms with Crippen LogP contribution < -0.4 is 25.0 Å². The molecule has 0 bridgehead atoms. The highest BCUT2D eigenvalue weighted by Crippen LogP contribution is 2.41. The SMILES string of the molecule is O=C(Nc1ccccc1)[C@@H]1C[C@@H](O)[C@H](O)[C@@H]2NC(=S)N(c3ccc4c(c3)OCO4)[C@@H]21. The molecule has 2 aromatic carbocycles. The van der Waals surface area contributed by atoms with Crippen LogP contribution >= 0.6 is 12.2 Å². The Bertz CT molecular complexity index is 988. The topological polar surface area (TPSA) is 103 Å². The van der Waals surface area contributed by atoms with Crippen LogP contribution in [0.4, 0.5) is 11.4 Å². The number of aliphatic hydroxyl groups excluding tert-OH is 2. The normalized spacial score (nSPS) is 29.3. The van der Waals surface area contributed by atoms with Crippen LogP contribution in [0, 0.1) is 5.92 Å². The second-order valence-electron chi connectivity index (χ2n) is 7.63. The van der Waals surface area contributed by atoms with Crippen LogP contribution in [0.25, 0.3) is 0 Å². The molecule has 0 spiro atoms. The highest BCUT2D eigenvalue weighted by atomic mass is 32.1. The molecule has 2 heterocycles.